The molecule has 0 bridgehead atoms. The van der Waals surface area contributed by atoms with Crippen LogP contribution < -0.4 is 15.2 Å². The first-order valence-corrected chi connectivity index (χ1v) is 8.25. The summed E-state index contributed by atoms with van der Waals surface area (Å²) < 4.78 is 13.2. The van der Waals surface area contributed by atoms with Crippen LogP contribution in [0.15, 0.2) is 39.3 Å². The van der Waals surface area contributed by atoms with Crippen molar-refractivity contribution in [1.82, 2.24) is 0 Å². The Morgan fingerprint density at radius 2 is 1.67 bits per heavy atom. The number of fused-ring (bicyclic) bond motifs is 1. The lowest BCUT2D eigenvalue weighted by Gasteiger charge is -2.22. The number of rotatable bonds is 2. The fraction of sp³-hybridized carbons (Fsp3) is 0.250. The molecule has 1 heterocycles. The minimum atomic E-state index is -0.230. The van der Waals surface area contributed by atoms with Gasteiger partial charge in [-0.1, -0.05) is 37.9 Å². The molecule has 1 aliphatic heterocycles. The minimum absolute atomic E-state index is 0.230. The summed E-state index contributed by atoms with van der Waals surface area (Å²) in [6.45, 7) is 3.20. The van der Waals surface area contributed by atoms with E-state index in [2.05, 4.69) is 50.9 Å². The third-order valence-electron chi connectivity index (χ3n) is 3.42. The second-order valence-electron chi connectivity index (χ2n) is 5.06. The van der Waals surface area contributed by atoms with Gasteiger partial charge in [-0.25, -0.2) is 0 Å². The van der Waals surface area contributed by atoms with Crippen LogP contribution >= 0.6 is 31.9 Å². The van der Waals surface area contributed by atoms with Crippen LogP contribution in [0, 0.1) is 6.92 Å². The zero-order chi connectivity index (χ0) is 15.0. The summed E-state index contributed by atoms with van der Waals surface area (Å²) in [6, 6.07) is 9.86. The van der Waals surface area contributed by atoms with E-state index in [4.69, 9.17) is 15.2 Å². The molecule has 1 unspecified atom stereocenters. The van der Waals surface area contributed by atoms with Gasteiger partial charge in [0.05, 0.1) is 6.04 Å². The molecule has 0 spiro atoms. The maximum Gasteiger partial charge on any atom is 0.162 e. The van der Waals surface area contributed by atoms with E-state index in [-0.39, 0.29) is 6.04 Å². The Balaban J connectivity index is 2.02. The lowest BCUT2D eigenvalue weighted by Crippen LogP contribution is -2.17. The zero-order valence-corrected chi connectivity index (χ0v) is 14.7. The lowest BCUT2D eigenvalue weighted by molar-refractivity contribution is 0.171. The standard InChI is InChI=1S/C16H15Br2NO2/c1-9-4-10(6-11(17)5-9)16(19)12-7-14-15(8-13(12)18)21-3-2-20-14/h4-8,16H,2-3,19H2,1H3. The first-order valence-electron chi connectivity index (χ1n) is 6.66. The van der Waals surface area contributed by atoms with Crippen molar-refractivity contribution in [3.8, 4) is 11.5 Å². The number of nitrogens with two attached hydrogens (primary N) is 1. The van der Waals surface area contributed by atoms with Crippen molar-refractivity contribution in [1.29, 1.82) is 0 Å². The molecule has 0 radical (unpaired) electrons. The van der Waals surface area contributed by atoms with Gasteiger partial charge in [0, 0.05) is 8.95 Å². The van der Waals surface area contributed by atoms with Gasteiger partial charge >= 0.3 is 0 Å². The van der Waals surface area contributed by atoms with Crippen LogP contribution in [0.4, 0.5) is 0 Å². The maximum atomic E-state index is 6.44. The van der Waals surface area contributed by atoms with Crippen LogP contribution in [0.5, 0.6) is 11.5 Å². The highest BCUT2D eigenvalue weighted by atomic mass is 79.9. The molecule has 1 aliphatic rings. The van der Waals surface area contributed by atoms with E-state index >= 15 is 0 Å². The van der Waals surface area contributed by atoms with Gasteiger partial charge in [0.2, 0.25) is 0 Å². The lowest BCUT2D eigenvalue weighted by atomic mass is 9.98. The number of benzene rings is 2. The summed E-state index contributed by atoms with van der Waals surface area (Å²) in [5, 5.41) is 0. The highest BCUT2D eigenvalue weighted by molar-refractivity contribution is 9.10. The van der Waals surface area contributed by atoms with E-state index in [0.717, 1.165) is 31.6 Å². The van der Waals surface area contributed by atoms with Crippen molar-refractivity contribution in [2.24, 2.45) is 5.73 Å². The number of hydrogen-bond donors (Lipinski definition) is 1. The SMILES string of the molecule is Cc1cc(Br)cc(C(N)c2cc3c(cc2Br)OCCO3)c1. The number of halogens is 2. The van der Waals surface area contributed by atoms with E-state index < -0.39 is 0 Å². The average molecular weight is 413 g/mol. The van der Waals surface area contributed by atoms with Gasteiger partial charge in [0.25, 0.3) is 0 Å². The molecule has 2 aromatic rings. The quantitative estimate of drug-likeness (QED) is 0.797. The summed E-state index contributed by atoms with van der Waals surface area (Å²) >= 11 is 7.10. The van der Waals surface area contributed by atoms with E-state index in [1.165, 1.54) is 5.56 Å². The third-order valence-corrected chi connectivity index (χ3v) is 4.56. The molecule has 0 fully saturated rings. The summed E-state index contributed by atoms with van der Waals surface area (Å²) in [4.78, 5) is 0. The first-order chi connectivity index (χ1) is 10.0. The molecule has 0 aromatic heterocycles. The Bertz CT molecular complexity index is 668. The highest BCUT2D eigenvalue weighted by Gasteiger charge is 2.19. The molecule has 5 heteroatoms. The molecule has 2 N–H and O–H groups in total. The van der Waals surface area contributed by atoms with Crippen molar-refractivity contribution in [2.75, 3.05) is 13.2 Å². The van der Waals surface area contributed by atoms with Crippen LogP contribution in [0.25, 0.3) is 0 Å². The number of aryl methyl sites for hydroxylation is 1. The third kappa shape index (κ3) is 3.10. The molecule has 21 heavy (non-hydrogen) atoms. The first kappa shape index (κ1) is 14.9. The molecule has 0 saturated heterocycles. The molecular weight excluding hydrogens is 398 g/mol. The second kappa shape index (κ2) is 5.99. The monoisotopic (exact) mass is 411 g/mol. The molecule has 0 saturated carbocycles. The van der Waals surface area contributed by atoms with Crippen molar-refractivity contribution < 1.29 is 9.47 Å². The van der Waals surface area contributed by atoms with Gasteiger partial charge in [-0.05, 0) is 47.9 Å². The highest BCUT2D eigenvalue weighted by Crippen LogP contribution is 2.39. The van der Waals surface area contributed by atoms with Crippen LogP contribution in [-0.4, -0.2) is 13.2 Å². The van der Waals surface area contributed by atoms with Crippen LogP contribution in [0.1, 0.15) is 22.7 Å². The van der Waals surface area contributed by atoms with Gasteiger partial charge < -0.3 is 15.2 Å². The van der Waals surface area contributed by atoms with E-state index in [1.807, 2.05) is 18.2 Å². The van der Waals surface area contributed by atoms with E-state index in [1.54, 1.807) is 0 Å². The zero-order valence-electron chi connectivity index (χ0n) is 11.5. The smallest absolute Gasteiger partial charge is 0.162 e. The van der Waals surface area contributed by atoms with Gasteiger partial charge in [0.15, 0.2) is 11.5 Å². The topological polar surface area (TPSA) is 44.5 Å². The Kier molecular flexibility index (Phi) is 4.24. The fourth-order valence-corrected chi connectivity index (χ4v) is 3.64. The van der Waals surface area contributed by atoms with Gasteiger partial charge in [0.1, 0.15) is 13.2 Å². The van der Waals surface area contributed by atoms with Crippen molar-refractivity contribution in [3.05, 3.63) is 56.0 Å². The average Bonchev–Trinajstić information content (AvgIpc) is 2.44. The molecule has 0 amide bonds. The Morgan fingerprint density at radius 1 is 1.00 bits per heavy atom. The molecule has 110 valence electrons. The second-order valence-corrected chi connectivity index (χ2v) is 6.83. The van der Waals surface area contributed by atoms with Crippen LogP contribution in [-0.2, 0) is 0 Å². The van der Waals surface area contributed by atoms with Crippen LogP contribution in [0.2, 0.25) is 0 Å². The Morgan fingerprint density at radius 3 is 2.33 bits per heavy atom. The fourth-order valence-electron chi connectivity index (χ4n) is 2.44. The molecular formula is C16H15Br2NO2. The van der Waals surface area contributed by atoms with Gasteiger partial charge in [-0.3, -0.25) is 0 Å². The normalized spacial score (nSPS) is 14.9. The Labute approximate surface area is 140 Å². The predicted molar refractivity (Wildman–Crippen MR) is 90.0 cm³/mol. The molecule has 3 nitrogen and oxygen atoms in total. The van der Waals surface area contributed by atoms with Gasteiger partial charge in [-0.2, -0.15) is 0 Å². The predicted octanol–water partition coefficient (Wildman–Crippen LogP) is 4.34. The summed E-state index contributed by atoms with van der Waals surface area (Å²) in [5.74, 6) is 1.51. The van der Waals surface area contributed by atoms with Gasteiger partial charge in [-0.15, -0.1) is 0 Å². The Hall–Kier alpha value is -1.04. The molecule has 0 aliphatic carbocycles. The maximum absolute atomic E-state index is 6.44. The van der Waals surface area contributed by atoms with E-state index in [9.17, 15) is 0 Å². The van der Waals surface area contributed by atoms with Crippen molar-refractivity contribution in [3.63, 3.8) is 0 Å². The molecule has 2 aromatic carbocycles. The van der Waals surface area contributed by atoms with Crippen molar-refractivity contribution >= 4 is 31.9 Å². The summed E-state index contributed by atoms with van der Waals surface area (Å²) in [5.41, 5.74) is 9.65. The summed E-state index contributed by atoms with van der Waals surface area (Å²) in [6.07, 6.45) is 0. The van der Waals surface area contributed by atoms with E-state index in [0.29, 0.717) is 13.2 Å². The molecule has 3 rings (SSSR count). The summed E-state index contributed by atoms with van der Waals surface area (Å²) in [7, 11) is 0. The number of hydrogen-bond acceptors (Lipinski definition) is 3. The largest absolute Gasteiger partial charge is 0.486 e. The molecule has 1 atom stereocenters. The van der Waals surface area contributed by atoms with Crippen molar-refractivity contribution in [2.45, 2.75) is 13.0 Å². The van der Waals surface area contributed by atoms with Crippen LogP contribution in [0.3, 0.4) is 0 Å². The minimum Gasteiger partial charge on any atom is -0.486 e. The number of ether oxygens (including phenoxy) is 2.